The van der Waals surface area contributed by atoms with Crippen molar-refractivity contribution in [3.8, 4) is 17.6 Å². The predicted octanol–water partition coefficient (Wildman–Crippen LogP) is 2.13. The van der Waals surface area contributed by atoms with Gasteiger partial charge < -0.3 is 9.84 Å². The minimum absolute atomic E-state index is 0.0145. The first-order valence-electron chi connectivity index (χ1n) is 5.36. The number of hydrogen-bond donors (Lipinski definition) is 2. The number of rotatable bonds is 4. The zero-order valence-electron chi connectivity index (χ0n) is 10.3. The second-order valence-corrected chi connectivity index (χ2v) is 6.68. The molecule has 0 bridgehead atoms. The fraction of sp³-hybridized carbons (Fsp3) is 0.0833. The van der Waals surface area contributed by atoms with Gasteiger partial charge in [0.05, 0.1) is 7.11 Å². The molecule has 0 unspecified atom stereocenters. The van der Waals surface area contributed by atoms with Crippen LogP contribution in [0.2, 0.25) is 0 Å². The van der Waals surface area contributed by atoms with E-state index in [2.05, 4.69) is 4.72 Å². The smallest absolute Gasteiger partial charge is 0.271 e. The Hall–Kier alpha value is -2.24. The standard InChI is InChI=1S/C12H10N2O4S2/c1-18-10-4-2-3-9(15)12(10)14-20(16,17)11-6-5-8(7-13)19-11/h2-6,14-15H,1H3. The van der Waals surface area contributed by atoms with E-state index in [1.807, 2.05) is 6.07 Å². The summed E-state index contributed by atoms with van der Waals surface area (Å²) < 4.78 is 31.6. The molecule has 6 nitrogen and oxygen atoms in total. The summed E-state index contributed by atoms with van der Waals surface area (Å²) in [6.45, 7) is 0. The highest BCUT2D eigenvalue weighted by Crippen LogP contribution is 2.35. The molecule has 1 aromatic carbocycles. The van der Waals surface area contributed by atoms with Gasteiger partial charge in [-0.25, -0.2) is 8.42 Å². The topological polar surface area (TPSA) is 99.4 Å². The van der Waals surface area contributed by atoms with Crippen molar-refractivity contribution in [2.75, 3.05) is 11.8 Å². The summed E-state index contributed by atoms with van der Waals surface area (Å²) in [5.41, 5.74) is -0.0399. The number of ether oxygens (including phenoxy) is 1. The normalized spacial score (nSPS) is 10.8. The van der Waals surface area contributed by atoms with Crippen molar-refractivity contribution in [2.45, 2.75) is 4.21 Å². The summed E-state index contributed by atoms with van der Waals surface area (Å²) in [7, 11) is -2.51. The third-order valence-electron chi connectivity index (χ3n) is 2.42. The molecule has 0 atom stereocenters. The maximum absolute atomic E-state index is 12.2. The third-order valence-corrected chi connectivity index (χ3v) is 5.25. The Morgan fingerprint density at radius 2 is 2.10 bits per heavy atom. The van der Waals surface area contributed by atoms with Crippen LogP contribution in [0.1, 0.15) is 4.88 Å². The van der Waals surface area contributed by atoms with Crippen LogP contribution in [0.3, 0.4) is 0 Å². The minimum Gasteiger partial charge on any atom is -0.506 e. The Morgan fingerprint density at radius 1 is 1.35 bits per heavy atom. The van der Waals surface area contributed by atoms with Gasteiger partial charge in [0, 0.05) is 0 Å². The van der Waals surface area contributed by atoms with Gasteiger partial charge in [-0.05, 0) is 24.3 Å². The molecule has 2 aromatic rings. The highest BCUT2D eigenvalue weighted by molar-refractivity contribution is 7.94. The highest BCUT2D eigenvalue weighted by atomic mass is 32.2. The Kier molecular flexibility index (Phi) is 3.83. The van der Waals surface area contributed by atoms with Crippen molar-refractivity contribution in [1.82, 2.24) is 0 Å². The van der Waals surface area contributed by atoms with Gasteiger partial charge in [-0.1, -0.05) is 6.07 Å². The van der Waals surface area contributed by atoms with Crippen LogP contribution in [0, 0.1) is 11.3 Å². The molecule has 0 radical (unpaired) electrons. The number of nitrogens with one attached hydrogen (secondary N) is 1. The van der Waals surface area contributed by atoms with Crippen LogP contribution in [0.25, 0.3) is 0 Å². The van der Waals surface area contributed by atoms with Crippen molar-refractivity contribution >= 4 is 27.0 Å². The van der Waals surface area contributed by atoms with E-state index in [4.69, 9.17) is 10.00 Å². The van der Waals surface area contributed by atoms with E-state index in [-0.39, 0.29) is 26.3 Å². The third kappa shape index (κ3) is 2.68. The van der Waals surface area contributed by atoms with E-state index >= 15 is 0 Å². The molecule has 104 valence electrons. The molecule has 2 rings (SSSR count). The summed E-state index contributed by atoms with van der Waals surface area (Å²) >= 11 is 0.844. The minimum atomic E-state index is -3.88. The molecule has 0 aliphatic carbocycles. The Morgan fingerprint density at radius 3 is 2.70 bits per heavy atom. The summed E-state index contributed by atoms with van der Waals surface area (Å²) in [6.07, 6.45) is 0. The lowest BCUT2D eigenvalue weighted by Crippen LogP contribution is -2.12. The second kappa shape index (κ2) is 5.40. The number of sulfonamides is 1. The van der Waals surface area contributed by atoms with Gasteiger partial charge in [-0.3, -0.25) is 4.72 Å². The molecule has 0 saturated heterocycles. The Balaban J connectivity index is 2.41. The number of methoxy groups -OCH3 is 1. The molecular formula is C12H10N2O4S2. The van der Waals surface area contributed by atoms with Crippen molar-refractivity contribution in [1.29, 1.82) is 5.26 Å². The van der Waals surface area contributed by atoms with E-state index in [9.17, 15) is 13.5 Å². The van der Waals surface area contributed by atoms with Gasteiger partial charge >= 0.3 is 0 Å². The van der Waals surface area contributed by atoms with Crippen LogP contribution in [0.15, 0.2) is 34.5 Å². The number of phenolic OH excluding ortho intramolecular Hbond substituents is 1. The quantitative estimate of drug-likeness (QED) is 0.843. The average molecular weight is 310 g/mol. The monoisotopic (exact) mass is 310 g/mol. The zero-order chi connectivity index (χ0) is 14.8. The first kappa shape index (κ1) is 14.2. The highest BCUT2D eigenvalue weighted by Gasteiger charge is 2.21. The molecule has 0 aliphatic rings. The summed E-state index contributed by atoms with van der Waals surface area (Å²) in [5.74, 6) is -0.0457. The Bertz CT molecular complexity index is 775. The molecule has 0 amide bonds. The van der Waals surface area contributed by atoms with Gasteiger partial charge in [-0.2, -0.15) is 5.26 Å². The van der Waals surface area contributed by atoms with Crippen LogP contribution in [0.4, 0.5) is 5.69 Å². The molecule has 8 heteroatoms. The fourth-order valence-corrected chi connectivity index (χ4v) is 3.69. The van der Waals surface area contributed by atoms with E-state index in [1.54, 1.807) is 0 Å². The maximum Gasteiger partial charge on any atom is 0.271 e. The first-order chi connectivity index (χ1) is 9.47. The lowest BCUT2D eigenvalue weighted by atomic mass is 10.3. The first-order valence-corrected chi connectivity index (χ1v) is 7.66. The molecular weight excluding hydrogens is 300 g/mol. The van der Waals surface area contributed by atoms with Crippen molar-refractivity contribution in [3.63, 3.8) is 0 Å². The van der Waals surface area contributed by atoms with E-state index in [0.717, 1.165) is 11.3 Å². The number of nitrogens with zero attached hydrogens (tertiary/aromatic N) is 1. The zero-order valence-corrected chi connectivity index (χ0v) is 12.0. The SMILES string of the molecule is COc1cccc(O)c1NS(=O)(=O)c1ccc(C#N)s1. The van der Waals surface area contributed by atoms with Crippen molar-refractivity contribution in [3.05, 3.63) is 35.2 Å². The van der Waals surface area contributed by atoms with Gasteiger partial charge in [0.2, 0.25) is 0 Å². The van der Waals surface area contributed by atoms with Gasteiger partial charge in [0.15, 0.2) is 0 Å². The summed E-state index contributed by atoms with van der Waals surface area (Å²) in [5, 5.41) is 18.4. The molecule has 1 heterocycles. The number of para-hydroxylation sites is 1. The van der Waals surface area contributed by atoms with Crippen molar-refractivity contribution in [2.24, 2.45) is 0 Å². The van der Waals surface area contributed by atoms with Crippen LogP contribution < -0.4 is 9.46 Å². The van der Waals surface area contributed by atoms with Gasteiger partial charge in [0.25, 0.3) is 10.0 Å². The van der Waals surface area contributed by atoms with Crippen LogP contribution in [-0.2, 0) is 10.0 Å². The molecule has 0 saturated carbocycles. The van der Waals surface area contributed by atoms with E-state index < -0.39 is 10.0 Å². The molecule has 0 fully saturated rings. The number of thiophene rings is 1. The van der Waals surface area contributed by atoms with E-state index in [1.165, 1.54) is 37.4 Å². The molecule has 0 spiro atoms. The summed E-state index contributed by atoms with van der Waals surface area (Å²) in [4.78, 5) is 0.287. The number of hydrogen-bond acceptors (Lipinski definition) is 6. The Labute approximate surface area is 119 Å². The van der Waals surface area contributed by atoms with Crippen LogP contribution in [0.5, 0.6) is 11.5 Å². The fourth-order valence-electron chi connectivity index (χ4n) is 1.50. The number of anilines is 1. The number of nitriles is 1. The largest absolute Gasteiger partial charge is 0.506 e. The van der Waals surface area contributed by atoms with Crippen LogP contribution >= 0.6 is 11.3 Å². The van der Waals surface area contributed by atoms with E-state index in [0.29, 0.717) is 0 Å². The lowest BCUT2D eigenvalue weighted by molar-refractivity contribution is 0.411. The van der Waals surface area contributed by atoms with Gasteiger partial charge in [0.1, 0.15) is 32.3 Å². The predicted molar refractivity (Wildman–Crippen MR) is 74.5 cm³/mol. The number of phenols is 1. The summed E-state index contributed by atoms with van der Waals surface area (Å²) in [6, 6.07) is 9.01. The van der Waals surface area contributed by atoms with Crippen molar-refractivity contribution < 1.29 is 18.3 Å². The number of aromatic hydroxyl groups is 1. The molecule has 2 N–H and O–H groups in total. The lowest BCUT2D eigenvalue weighted by Gasteiger charge is -2.12. The van der Waals surface area contributed by atoms with Gasteiger partial charge in [-0.15, -0.1) is 11.3 Å². The average Bonchev–Trinajstić information content (AvgIpc) is 2.90. The molecule has 1 aromatic heterocycles. The van der Waals surface area contributed by atoms with Crippen LogP contribution in [-0.4, -0.2) is 20.6 Å². The molecule has 0 aliphatic heterocycles. The number of benzene rings is 1. The maximum atomic E-state index is 12.2. The second-order valence-electron chi connectivity index (χ2n) is 3.69. The molecule has 20 heavy (non-hydrogen) atoms.